The number of rotatable bonds is 6. The Hall–Kier alpha value is -3.45. The lowest BCUT2D eigenvalue weighted by molar-refractivity contribution is 0.0526. The van der Waals surface area contributed by atoms with E-state index in [9.17, 15) is 9.59 Å². The molecular formula is C20H17ClN4O3. The monoisotopic (exact) mass is 396 g/mol. The summed E-state index contributed by atoms with van der Waals surface area (Å²) in [5.74, 6) is -0.521. The number of esters is 1. The zero-order valence-corrected chi connectivity index (χ0v) is 15.7. The molecule has 1 amide bonds. The summed E-state index contributed by atoms with van der Waals surface area (Å²) in [4.78, 5) is 32.4. The van der Waals surface area contributed by atoms with E-state index in [1.54, 1.807) is 55.5 Å². The van der Waals surface area contributed by atoms with E-state index in [4.69, 9.17) is 16.3 Å². The maximum Gasteiger partial charge on any atom is 0.338 e. The van der Waals surface area contributed by atoms with Crippen molar-refractivity contribution >= 4 is 40.8 Å². The molecule has 7 nitrogen and oxygen atoms in total. The fraction of sp³-hybridized carbons (Fsp3) is 0.100. The Morgan fingerprint density at radius 1 is 1.00 bits per heavy atom. The Kier molecular flexibility index (Phi) is 6.18. The lowest BCUT2D eigenvalue weighted by Crippen LogP contribution is -2.15. The Morgan fingerprint density at radius 2 is 1.68 bits per heavy atom. The molecule has 0 saturated heterocycles. The summed E-state index contributed by atoms with van der Waals surface area (Å²) < 4.78 is 4.93. The van der Waals surface area contributed by atoms with Crippen molar-refractivity contribution in [3.63, 3.8) is 0 Å². The van der Waals surface area contributed by atoms with Crippen molar-refractivity contribution in [1.82, 2.24) is 9.97 Å². The van der Waals surface area contributed by atoms with Gasteiger partial charge >= 0.3 is 5.97 Å². The van der Waals surface area contributed by atoms with Crippen molar-refractivity contribution in [2.45, 2.75) is 6.92 Å². The van der Waals surface area contributed by atoms with Gasteiger partial charge in [-0.1, -0.05) is 11.6 Å². The van der Waals surface area contributed by atoms with Crippen molar-refractivity contribution in [1.29, 1.82) is 0 Å². The van der Waals surface area contributed by atoms with Gasteiger partial charge in [-0.15, -0.1) is 0 Å². The molecule has 3 rings (SSSR count). The highest BCUT2D eigenvalue weighted by Crippen LogP contribution is 2.17. The molecule has 0 aliphatic carbocycles. The van der Waals surface area contributed by atoms with Crippen LogP contribution in [-0.2, 0) is 4.74 Å². The molecule has 0 spiro atoms. The summed E-state index contributed by atoms with van der Waals surface area (Å²) in [6.07, 6.45) is 1.49. The molecule has 0 aliphatic heterocycles. The number of amides is 1. The summed E-state index contributed by atoms with van der Waals surface area (Å²) in [6.45, 7) is 2.04. The van der Waals surface area contributed by atoms with Crippen LogP contribution in [0.2, 0.25) is 5.02 Å². The molecule has 0 saturated carbocycles. The van der Waals surface area contributed by atoms with Gasteiger partial charge in [-0.25, -0.2) is 14.8 Å². The SMILES string of the molecule is CCOC(=O)c1ccc(NC(=O)c2ccnc(Nc3ccc(Cl)cc3)n2)cc1. The lowest BCUT2D eigenvalue weighted by atomic mass is 10.2. The maximum atomic E-state index is 12.4. The minimum Gasteiger partial charge on any atom is -0.462 e. The topological polar surface area (TPSA) is 93.2 Å². The second-order valence-corrected chi connectivity index (χ2v) is 6.09. The zero-order chi connectivity index (χ0) is 19.9. The molecular weight excluding hydrogens is 380 g/mol. The molecule has 8 heteroatoms. The first kappa shape index (κ1) is 19.3. The van der Waals surface area contributed by atoms with Gasteiger partial charge in [-0.2, -0.15) is 0 Å². The minimum absolute atomic E-state index is 0.195. The number of nitrogens with zero attached hydrogens (tertiary/aromatic N) is 2. The van der Waals surface area contributed by atoms with Gasteiger partial charge in [0.15, 0.2) is 0 Å². The van der Waals surface area contributed by atoms with E-state index in [1.807, 2.05) is 0 Å². The van der Waals surface area contributed by atoms with Gasteiger partial charge < -0.3 is 15.4 Å². The largest absolute Gasteiger partial charge is 0.462 e. The van der Waals surface area contributed by atoms with Crippen LogP contribution in [0.5, 0.6) is 0 Å². The van der Waals surface area contributed by atoms with E-state index in [0.29, 0.717) is 22.9 Å². The molecule has 0 unspecified atom stereocenters. The van der Waals surface area contributed by atoms with Gasteiger partial charge in [0.05, 0.1) is 12.2 Å². The van der Waals surface area contributed by atoms with Crippen molar-refractivity contribution < 1.29 is 14.3 Å². The third-order valence-corrected chi connectivity index (χ3v) is 3.89. The Labute approximate surface area is 166 Å². The van der Waals surface area contributed by atoms with Crippen LogP contribution < -0.4 is 10.6 Å². The van der Waals surface area contributed by atoms with E-state index in [2.05, 4.69) is 20.6 Å². The van der Waals surface area contributed by atoms with Crippen LogP contribution >= 0.6 is 11.6 Å². The standard InChI is InChI=1S/C20H17ClN4O3/c1-2-28-19(27)13-3-7-15(8-4-13)23-18(26)17-11-12-22-20(25-17)24-16-9-5-14(21)6-10-16/h3-12H,2H2,1H3,(H,23,26)(H,22,24,25). The maximum absolute atomic E-state index is 12.4. The van der Waals surface area contributed by atoms with E-state index < -0.39 is 11.9 Å². The number of carbonyl (C=O) groups is 2. The molecule has 142 valence electrons. The quantitative estimate of drug-likeness (QED) is 0.603. The molecule has 28 heavy (non-hydrogen) atoms. The fourth-order valence-electron chi connectivity index (χ4n) is 2.31. The van der Waals surface area contributed by atoms with Crippen LogP contribution in [0.1, 0.15) is 27.8 Å². The highest BCUT2D eigenvalue weighted by Gasteiger charge is 2.11. The number of hydrogen-bond donors (Lipinski definition) is 2. The second kappa shape index (κ2) is 8.96. The predicted octanol–water partition coefficient (Wildman–Crippen LogP) is 4.30. The number of aromatic nitrogens is 2. The van der Waals surface area contributed by atoms with Crippen molar-refractivity contribution in [3.05, 3.63) is 77.1 Å². The van der Waals surface area contributed by atoms with Crippen LogP contribution in [0.25, 0.3) is 0 Å². The molecule has 0 bridgehead atoms. The smallest absolute Gasteiger partial charge is 0.338 e. The van der Waals surface area contributed by atoms with E-state index in [1.165, 1.54) is 12.3 Å². The van der Waals surface area contributed by atoms with Gasteiger partial charge in [0.25, 0.3) is 5.91 Å². The van der Waals surface area contributed by atoms with Crippen LogP contribution in [0.3, 0.4) is 0 Å². The molecule has 0 radical (unpaired) electrons. The van der Waals surface area contributed by atoms with Crippen LogP contribution in [0.4, 0.5) is 17.3 Å². The summed E-state index contributed by atoms with van der Waals surface area (Å²) in [6, 6.07) is 15.0. The normalized spacial score (nSPS) is 10.2. The Morgan fingerprint density at radius 3 is 2.36 bits per heavy atom. The predicted molar refractivity (Wildman–Crippen MR) is 107 cm³/mol. The third kappa shape index (κ3) is 5.05. The molecule has 0 atom stereocenters. The average Bonchev–Trinajstić information content (AvgIpc) is 2.71. The molecule has 0 fully saturated rings. The van der Waals surface area contributed by atoms with Gasteiger partial charge in [-0.3, -0.25) is 4.79 Å². The van der Waals surface area contributed by atoms with Gasteiger partial charge in [0.2, 0.25) is 5.95 Å². The van der Waals surface area contributed by atoms with E-state index in [-0.39, 0.29) is 11.6 Å². The average molecular weight is 397 g/mol. The van der Waals surface area contributed by atoms with Crippen molar-refractivity contribution in [3.8, 4) is 0 Å². The minimum atomic E-state index is -0.408. The summed E-state index contributed by atoms with van der Waals surface area (Å²) in [5, 5.41) is 6.36. The summed E-state index contributed by atoms with van der Waals surface area (Å²) in [5.41, 5.74) is 1.89. The highest BCUT2D eigenvalue weighted by molar-refractivity contribution is 6.30. The van der Waals surface area contributed by atoms with Crippen LogP contribution in [0.15, 0.2) is 60.8 Å². The van der Waals surface area contributed by atoms with Gasteiger partial charge in [-0.05, 0) is 61.5 Å². The Balaban J connectivity index is 1.67. The van der Waals surface area contributed by atoms with E-state index >= 15 is 0 Å². The van der Waals surface area contributed by atoms with Crippen molar-refractivity contribution in [2.24, 2.45) is 0 Å². The first-order valence-electron chi connectivity index (χ1n) is 8.49. The zero-order valence-electron chi connectivity index (χ0n) is 15.0. The molecule has 0 aliphatic rings. The molecule has 2 aromatic carbocycles. The second-order valence-electron chi connectivity index (χ2n) is 5.65. The van der Waals surface area contributed by atoms with Crippen LogP contribution in [-0.4, -0.2) is 28.5 Å². The van der Waals surface area contributed by atoms with Gasteiger partial charge in [0.1, 0.15) is 5.69 Å². The van der Waals surface area contributed by atoms with Gasteiger partial charge in [0, 0.05) is 22.6 Å². The molecule has 3 aromatic rings. The number of nitrogens with one attached hydrogen (secondary N) is 2. The number of ether oxygens (including phenoxy) is 1. The highest BCUT2D eigenvalue weighted by atomic mass is 35.5. The Bertz CT molecular complexity index is 976. The van der Waals surface area contributed by atoms with Crippen LogP contribution in [0, 0.1) is 0 Å². The first-order valence-corrected chi connectivity index (χ1v) is 8.87. The summed E-state index contributed by atoms with van der Waals surface area (Å²) >= 11 is 5.86. The van der Waals surface area contributed by atoms with E-state index in [0.717, 1.165) is 5.69 Å². The lowest BCUT2D eigenvalue weighted by Gasteiger charge is -2.08. The third-order valence-electron chi connectivity index (χ3n) is 3.64. The molecule has 1 heterocycles. The summed E-state index contributed by atoms with van der Waals surface area (Å²) in [7, 11) is 0. The van der Waals surface area contributed by atoms with Crippen molar-refractivity contribution in [2.75, 3.05) is 17.2 Å². The number of benzene rings is 2. The first-order chi connectivity index (χ1) is 13.5. The number of hydrogen-bond acceptors (Lipinski definition) is 6. The number of halogens is 1. The number of carbonyl (C=O) groups excluding carboxylic acids is 2. The molecule has 1 aromatic heterocycles. The molecule has 2 N–H and O–H groups in total. The number of anilines is 3. The fourth-order valence-corrected chi connectivity index (χ4v) is 2.43.